The Morgan fingerprint density at radius 1 is 1.59 bits per heavy atom. The summed E-state index contributed by atoms with van der Waals surface area (Å²) >= 11 is 2.26. The van der Waals surface area contributed by atoms with Gasteiger partial charge in [-0.2, -0.15) is 0 Å². The van der Waals surface area contributed by atoms with Gasteiger partial charge in [0.15, 0.2) is 0 Å². The van der Waals surface area contributed by atoms with Gasteiger partial charge in [-0.15, -0.1) is 0 Å². The van der Waals surface area contributed by atoms with Gasteiger partial charge in [0, 0.05) is 30.6 Å². The average molecular weight is 345 g/mol. The lowest BCUT2D eigenvalue weighted by molar-refractivity contribution is 0.0536. The van der Waals surface area contributed by atoms with Gasteiger partial charge in [0.25, 0.3) is 0 Å². The van der Waals surface area contributed by atoms with Crippen LogP contribution >= 0.6 is 22.6 Å². The zero-order chi connectivity index (χ0) is 12.3. The van der Waals surface area contributed by atoms with Crippen molar-refractivity contribution in [1.29, 1.82) is 0 Å². The number of hydrogen-bond acceptors (Lipinski definition) is 3. The summed E-state index contributed by atoms with van der Waals surface area (Å²) in [5, 5.41) is 3.24. The summed E-state index contributed by atoms with van der Waals surface area (Å²) in [6, 6.07) is 0. The average Bonchev–Trinajstić information content (AvgIpc) is 2.71. The molecular formula is C12H16IN3O. The summed E-state index contributed by atoms with van der Waals surface area (Å²) in [7, 11) is 0. The molecule has 0 unspecified atom stereocenters. The normalized spacial score (nSPS) is 25.6. The number of nitrogens with one attached hydrogen (secondary N) is 1. The van der Waals surface area contributed by atoms with Gasteiger partial charge in [0.05, 0.1) is 16.9 Å². The Morgan fingerprint density at radius 2 is 2.29 bits per heavy atom. The Hall–Kier alpha value is -0.820. The molecule has 92 valence electrons. The van der Waals surface area contributed by atoms with E-state index in [0.29, 0.717) is 0 Å². The fourth-order valence-electron chi connectivity index (χ4n) is 1.95. The Morgan fingerprint density at radius 3 is 2.94 bits per heavy atom. The molecule has 0 spiro atoms. The first-order valence-corrected chi connectivity index (χ1v) is 6.67. The number of morpholine rings is 1. The molecule has 5 heteroatoms. The maximum Gasteiger partial charge on any atom is 0.139 e. The SMILES string of the molecule is C=C/N=C1/NC(I)=C/C1=C(/C)N1CCOCC1. The lowest BCUT2D eigenvalue weighted by Gasteiger charge is -2.30. The van der Waals surface area contributed by atoms with Crippen LogP contribution < -0.4 is 5.32 Å². The molecule has 0 aliphatic carbocycles. The molecule has 17 heavy (non-hydrogen) atoms. The molecule has 4 nitrogen and oxygen atoms in total. The molecular weight excluding hydrogens is 329 g/mol. The van der Waals surface area contributed by atoms with Crippen molar-refractivity contribution in [1.82, 2.24) is 10.2 Å². The molecule has 0 aromatic rings. The number of ether oxygens (including phenoxy) is 1. The highest BCUT2D eigenvalue weighted by molar-refractivity contribution is 14.1. The van der Waals surface area contributed by atoms with E-state index in [0.717, 1.165) is 41.4 Å². The number of aliphatic imine (C=N–C) groups is 1. The molecule has 0 saturated carbocycles. The highest BCUT2D eigenvalue weighted by Crippen LogP contribution is 2.22. The van der Waals surface area contributed by atoms with Crippen LogP contribution in [0.15, 0.2) is 38.8 Å². The van der Waals surface area contributed by atoms with Gasteiger partial charge in [0.2, 0.25) is 0 Å². The molecule has 0 atom stereocenters. The highest BCUT2D eigenvalue weighted by Gasteiger charge is 2.20. The van der Waals surface area contributed by atoms with Crippen molar-refractivity contribution < 1.29 is 4.74 Å². The Kier molecular flexibility index (Phi) is 4.22. The lowest BCUT2D eigenvalue weighted by atomic mass is 10.2. The second-order valence-electron chi connectivity index (χ2n) is 3.88. The molecule has 0 amide bonds. The first-order valence-electron chi connectivity index (χ1n) is 5.59. The number of amidine groups is 1. The van der Waals surface area contributed by atoms with Crippen molar-refractivity contribution in [3.63, 3.8) is 0 Å². The molecule has 0 radical (unpaired) electrons. The maximum absolute atomic E-state index is 5.36. The Bertz CT molecular complexity index is 406. The molecule has 1 N–H and O–H groups in total. The van der Waals surface area contributed by atoms with Gasteiger partial charge in [-0.3, -0.25) is 0 Å². The molecule has 1 fully saturated rings. The van der Waals surface area contributed by atoms with Crippen LogP contribution in [0.5, 0.6) is 0 Å². The molecule has 2 aliphatic rings. The summed E-state index contributed by atoms with van der Waals surface area (Å²) in [5.41, 5.74) is 2.39. The van der Waals surface area contributed by atoms with E-state index in [4.69, 9.17) is 4.74 Å². The van der Waals surface area contributed by atoms with Crippen molar-refractivity contribution in [2.75, 3.05) is 26.3 Å². The molecule has 0 aromatic heterocycles. The Labute approximate surface area is 115 Å². The third-order valence-electron chi connectivity index (χ3n) is 2.86. The van der Waals surface area contributed by atoms with Gasteiger partial charge < -0.3 is 15.0 Å². The maximum atomic E-state index is 5.36. The minimum absolute atomic E-state index is 0.798. The predicted octanol–water partition coefficient (Wildman–Crippen LogP) is 2.01. The van der Waals surface area contributed by atoms with Crippen LogP contribution in [0.2, 0.25) is 0 Å². The summed E-state index contributed by atoms with van der Waals surface area (Å²) in [6.07, 6.45) is 3.69. The van der Waals surface area contributed by atoms with Crippen molar-refractivity contribution >= 4 is 28.4 Å². The van der Waals surface area contributed by atoms with Gasteiger partial charge in [-0.1, -0.05) is 6.58 Å². The fourth-order valence-corrected chi connectivity index (χ4v) is 2.52. The smallest absolute Gasteiger partial charge is 0.139 e. The second-order valence-corrected chi connectivity index (χ2v) is 5.04. The standard InChI is InChI=1S/C12H16IN3O/c1-3-14-12-10(8-11(13)15-12)9(2)16-4-6-17-7-5-16/h3,8H,1,4-7H2,2H3,(H,14,15)/b10-9+. The van der Waals surface area contributed by atoms with Crippen LogP contribution in [-0.2, 0) is 4.74 Å². The van der Waals surface area contributed by atoms with E-state index < -0.39 is 0 Å². The molecule has 0 bridgehead atoms. The first-order chi connectivity index (χ1) is 8.22. The van der Waals surface area contributed by atoms with Crippen LogP contribution in [0.1, 0.15) is 6.92 Å². The highest BCUT2D eigenvalue weighted by atomic mass is 127. The topological polar surface area (TPSA) is 36.9 Å². The van der Waals surface area contributed by atoms with Crippen molar-refractivity contribution in [3.05, 3.63) is 33.8 Å². The van der Waals surface area contributed by atoms with E-state index in [1.54, 1.807) is 6.20 Å². The molecule has 2 aliphatic heterocycles. The van der Waals surface area contributed by atoms with Crippen LogP contribution in [0, 0.1) is 0 Å². The zero-order valence-corrected chi connectivity index (χ0v) is 12.0. The van der Waals surface area contributed by atoms with Crippen molar-refractivity contribution in [3.8, 4) is 0 Å². The fraction of sp³-hybridized carbons (Fsp3) is 0.417. The van der Waals surface area contributed by atoms with E-state index in [1.807, 2.05) is 0 Å². The number of allylic oxidation sites excluding steroid dienone is 1. The summed E-state index contributed by atoms with van der Waals surface area (Å²) in [6.45, 7) is 9.27. The first kappa shape index (κ1) is 12.6. The number of nitrogens with zero attached hydrogens (tertiary/aromatic N) is 2. The second kappa shape index (κ2) is 5.68. The zero-order valence-electron chi connectivity index (χ0n) is 9.87. The van der Waals surface area contributed by atoms with E-state index in [1.165, 1.54) is 5.70 Å². The lowest BCUT2D eigenvalue weighted by Crippen LogP contribution is -2.36. The Balaban J connectivity index is 2.27. The van der Waals surface area contributed by atoms with Crippen LogP contribution in [-0.4, -0.2) is 37.0 Å². The van der Waals surface area contributed by atoms with E-state index >= 15 is 0 Å². The summed E-state index contributed by atoms with van der Waals surface area (Å²) < 4.78 is 6.45. The third-order valence-corrected chi connectivity index (χ3v) is 3.44. The van der Waals surface area contributed by atoms with Crippen LogP contribution in [0.4, 0.5) is 0 Å². The molecule has 0 aromatic carbocycles. The monoisotopic (exact) mass is 345 g/mol. The van der Waals surface area contributed by atoms with Crippen molar-refractivity contribution in [2.45, 2.75) is 6.92 Å². The van der Waals surface area contributed by atoms with Gasteiger partial charge in [-0.05, 0) is 35.6 Å². The molecule has 1 saturated heterocycles. The van der Waals surface area contributed by atoms with E-state index in [2.05, 4.69) is 57.4 Å². The quantitative estimate of drug-likeness (QED) is 0.615. The minimum atomic E-state index is 0.798. The third kappa shape index (κ3) is 2.90. The predicted molar refractivity (Wildman–Crippen MR) is 78.0 cm³/mol. The van der Waals surface area contributed by atoms with Crippen LogP contribution in [0.3, 0.4) is 0 Å². The van der Waals surface area contributed by atoms with Gasteiger partial charge in [-0.25, -0.2) is 4.99 Å². The molecule has 2 rings (SSSR count). The minimum Gasteiger partial charge on any atom is -0.378 e. The number of rotatable bonds is 2. The van der Waals surface area contributed by atoms with E-state index in [-0.39, 0.29) is 0 Å². The number of hydrogen-bond donors (Lipinski definition) is 1. The van der Waals surface area contributed by atoms with Gasteiger partial charge >= 0.3 is 0 Å². The summed E-state index contributed by atoms with van der Waals surface area (Å²) in [5.74, 6) is 0.883. The van der Waals surface area contributed by atoms with Crippen molar-refractivity contribution in [2.24, 2.45) is 4.99 Å². The summed E-state index contributed by atoms with van der Waals surface area (Å²) in [4.78, 5) is 6.61. The number of halogens is 1. The molecule has 2 heterocycles. The largest absolute Gasteiger partial charge is 0.378 e. The van der Waals surface area contributed by atoms with E-state index in [9.17, 15) is 0 Å². The van der Waals surface area contributed by atoms with Crippen LogP contribution in [0.25, 0.3) is 0 Å². The van der Waals surface area contributed by atoms with Gasteiger partial charge in [0.1, 0.15) is 5.84 Å².